The molecule has 0 unspecified atom stereocenters. The van der Waals surface area contributed by atoms with Crippen LogP contribution in [0.1, 0.15) is 18.1 Å². The van der Waals surface area contributed by atoms with Crippen LogP contribution in [0.5, 0.6) is 0 Å². The van der Waals surface area contributed by atoms with Gasteiger partial charge in [0.25, 0.3) is 10.0 Å². The van der Waals surface area contributed by atoms with Gasteiger partial charge in [-0.25, -0.2) is 8.42 Å². The van der Waals surface area contributed by atoms with Gasteiger partial charge in [0, 0.05) is 17.6 Å². The standard InChI is InChI=1S/C16H17ClN2O3S/c1-10-4-7-14(8-15(10)17)19-23(21,22)16-9-13(18-12(3)20)6-5-11(16)2/h4-9,19H,1-3H3,(H,18,20). The second-order valence-electron chi connectivity index (χ2n) is 5.23. The molecule has 0 aliphatic heterocycles. The van der Waals surface area contributed by atoms with E-state index in [4.69, 9.17) is 11.6 Å². The maximum Gasteiger partial charge on any atom is 0.262 e. The van der Waals surface area contributed by atoms with E-state index in [1.54, 1.807) is 37.3 Å². The number of carbonyl (C=O) groups is 1. The average molecular weight is 353 g/mol. The highest BCUT2D eigenvalue weighted by molar-refractivity contribution is 7.92. The fourth-order valence-electron chi connectivity index (χ4n) is 2.04. The van der Waals surface area contributed by atoms with Crippen LogP contribution in [0.4, 0.5) is 11.4 Å². The van der Waals surface area contributed by atoms with Crippen LogP contribution in [0.15, 0.2) is 41.3 Å². The van der Waals surface area contributed by atoms with E-state index in [1.165, 1.54) is 13.0 Å². The first-order valence-corrected chi connectivity index (χ1v) is 8.72. The highest BCUT2D eigenvalue weighted by Gasteiger charge is 2.18. The van der Waals surface area contributed by atoms with Crippen LogP contribution in [-0.2, 0) is 14.8 Å². The molecule has 2 N–H and O–H groups in total. The predicted octanol–water partition coefficient (Wildman–Crippen LogP) is 3.72. The molecular formula is C16H17ClN2O3S. The van der Waals surface area contributed by atoms with Crippen molar-refractivity contribution in [1.29, 1.82) is 0 Å². The van der Waals surface area contributed by atoms with Crippen LogP contribution >= 0.6 is 11.6 Å². The minimum absolute atomic E-state index is 0.0976. The van der Waals surface area contributed by atoms with Crippen molar-refractivity contribution in [3.05, 3.63) is 52.5 Å². The lowest BCUT2D eigenvalue weighted by Gasteiger charge is -2.13. The Bertz CT molecular complexity index is 864. The number of carbonyl (C=O) groups excluding carboxylic acids is 1. The van der Waals surface area contributed by atoms with Crippen molar-refractivity contribution in [1.82, 2.24) is 0 Å². The smallest absolute Gasteiger partial charge is 0.262 e. The predicted molar refractivity (Wildman–Crippen MR) is 92.5 cm³/mol. The minimum atomic E-state index is -3.79. The van der Waals surface area contributed by atoms with Crippen LogP contribution < -0.4 is 10.0 Å². The van der Waals surface area contributed by atoms with Crippen molar-refractivity contribution >= 4 is 38.9 Å². The lowest BCUT2D eigenvalue weighted by molar-refractivity contribution is -0.114. The van der Waals surface area contributed by atoms with Crippen molar-refractivity contribution in [3.63, 3.8) is 0 Å². The molecule has 0 heterocycles. The second-order valence-corrected chi connectivity index (χ2v) is 7.29. The molecule has 1 amide bonds. The molecule has 0 atom stereocenters. The summed E-state index contributed by atoms with van der Waals surface area (Å²) in [6.45, 7) is 4.89. The fraction of sp³-hybridized carbons (Fsp3) is 0.188. The van der Waals surface area contributed by atoms with Gasteiger partial charge in [-0.2, -0.15) is 0 Å². The highest BCUT2D eigenvalue weighted by Crippen LogP contribution is 2.25. The molecule has 0 aliphatic rings. The van der Waals surface area contributed by atoms with E-state index >= 15 is 0 Å². The third-order valence-corrected chi connectivity index (χ3v) is 5.15. The molecule has 0 fully saturated rings. The SMILES string of the molecule is CC(=O)Nc1ccc(C)c(S(=O)(=O)Nc2ccc(C)c(Cl)c2)c1. The van der Waals surface area contributed by atoms with E-state index in [-0.39, 0.29) is 10.8 Å². The Labute approximate surface area is 140 Å². The van der Waals surface area contributed by atoms with Crippen LogP contribution in [0.3, 0.4) is 0 Å². The number of amides is 1. The second kappa shape index (κ2) is 6.60. The summed E-state index contributed by atoms with van der Waals surface area (Å²) < 4.78 is 27.7. The Morgan fingerprint density at radius 2 is 1.61 bits per heavy atom. The summed E-state index contributed by atoms with van der Waals surface area (Å²) in [4.78, 5) is 11.2. The molecule has 2 aromatic rings. The quantitative estimate of drug-likeness (QED) is 0.880. The zero-order valence-electron chi connectivity index (χ0n) is 13.0. The van der Waals surface area contributed by atoms with Gasteiger partial charge < -0.3 is 5.32 Å². The molecule has 0 radical (unpaired) electrons. The number of halogens is 1. The van der Waals surface area contributed by atoms with Crippen molar-refractivity contribution in [2.45, 2.75) is 25.7 Å². The van der Waals surface area contributed by atoms with E-state index in [0.717, 1.165) is 5.56 Å². The summed E-state index contributed by atoms with van der Waals surface area (Å²) in [7, 11) is -3.79. The summed E-state index contributed by atoms with van der Waals surface area (Å²) in [6, 6.07) is 9.66. The Morgan fingerprint density at radius 1 is 1.00 bits per heavy atom. The Balaban J connectivity index is 2.38. The van der Waals surface area contributed by atoms with Gasteiger partial charge in [0.1, 0.15) is 0 Å². The maximum absolute atomic E-state index is 12.6. The number of benzene rings is 2. The molecule has 0 aromatic heterocycles. The first kappa shape index (κ1) is 17.3. The molecule has 122 valence electrons. The summed E-state index contributed by atoms with van der Waals surface area (Å²) in [5, 5.41) is 3.05. The minimum Gasteiger partial charge on any atom is -0.326 e. The molecule has 2 aromatic carbocycles. The first-order chi connectivity index (χ1) is 10.7. The number of hydrogen-bond acceptors (Lipinski definition) is 3. The molecule has 2 rings (SSSR count). The highest BCUT2D eigenvalue weighted by atomic mass is 35.5. The summed E-state index contributed by atoms with van der Waals surface area (Å²) in [5.74, 6) is -0.268. The normalized spacial score (nSPS) is 11.1. The fourth-order valence-corrected chi connectivity index (χ4v) is 3.54. The monoisotopic (exact) mass is 352 g/mol. The van der Waals surface area contributed by atoms with Crippen molar-refractivity contribution in [3.8, 4) is 0 Å². The maximum atomic E-state index is 12.6. The van der Waals surface area contributed by atoms with Gasteiger partial charge in [-0.3, -0.25) is 9.52 Å². The molecular weight excluding hydrogens is 336 g/mol. The largest absolute Gasteiger partial charge is 0.326 e. The van der Waals surface area contributed by atoms with Gasteiger partial charge >= 0.3 is 0 Å². The van der Waals surface area contributed by atoms with Gasteiger partial charge in [0.2, 0.25) is 5.91 Å². The van der Waals surface area contributed by atoms with Crippen LogP contribution in [0.25, 0.3) is 0 Å². The average Bonchev–Trinajstić information content (AvgIpc) is 2.44. The number of sulfonamides is 1. The summed E-state index contributed by atoms with van der Waals surface area (Å²) >= 11 is 6.02. The van der Waals surface area contributed by atoms with E-state index in [1.807, 2.05) is 6.92 Å². The first-order valence-electron chi connectivity index (χ1n) is 6.86. The summed E-state index contributed by atoms with van der Waals surface area (Å²) in [6.07, 6.45) is 0. The Morgan fingerprint density at radius 3 is 2.22 bits per heavy atom. The van der Waals surface area contributed by atoms with E-state index < -0.39 is 10.0 Å². The molecule has 0 saturated heterocycles. The van der Waals surface area contributed by atoms with Gasteiger partial charge in [-0.1, -0.05) is 23.7 Å². The van der Waals surface area contributed by atoms with Gasteiger partial charge in [0.15, 0.2) is 0 Å². The van der Waals surface area contributed by atoms with Crippen molar-refractivity contribution in [2.24, 2.45) is 0 Å². The number of hydrogen-bond donors (Lipinski definition) is 2. The number of aryl methyl sites for hydroxylation is 2. The molecule has 23 heavy (non-hydrogen) atoms. The van der Waals surface area contributed by atoms with E-state index in [0.29, 0.717) is 22.0 Å². The Hall–Kier alpha value is -2.05. The zero-order valence-corrected chi connectivity index (χ0v) is 14.5. The van der Waals surface area contributed by atoms with Gasteiger partial charge in [0.05, 0.1) is 10.6 Å². The third-order valence-electron chi connectivity index (χ3n) is 3.22. The van der Waals surface area contributed by atoms with Crippen molar-refractivity contribution < 1.29 is 13.2 Å². The van der Waals surface area contributed by atoms with Crippen LogP contribution in [0, 0.1) is 13.8 Å². The van der Waals surface area contributed by atoms with Gasteiger partial charge in [-0.15, -0.1) is 0 Å². The molecule has 7 heteroatoms. The number of rotatable bonds is 4. The topological polar surface area (TPSA) is 75.3 Å². The number of nitrogens with one attached hydrogen (secondary N) is 2. The molecule has 0 saturated carbocycles. The Kier molecular flexibility index (Phi) is 4.97. The third kappa shape index (κ3) is 4.24. The zero-order chi connectivity index (χ0) is 17.2. The van der Waals surface area contributed by atoms with Crippen LogP contribution in [-0.4, -0.2) is 14.3 Å². The molecule has 0 bridgehead atoms. The lowest BCUT2D eigenvalue weighted by Crippen LogP contribution is -2.15. The molecule has 5 nitrogen and oxygen atoms in total. The van der Waals surface area contributed by atoms with Crippen LogP contribution in [0.2, 0.25) is 5.02 Å². The van der Waals surface area contributed by atoms with E-state index in [9.17, 15) is 13.2 Å². The number of anilines is 2. The van der Waals surface area contributed by atoms with E-state index in [2.05, 4.69) is 10.0 Å². The van der Waals surface area contributed by atoms with Crippen molar-refractivity contribution in [2.75, 3.05) is 10.0 Å². The molecule has 0 spiro atoms. The summed E-state index contributed by atoms with van der Waals surface area (Å²) in [5.41, 5.74) is 2.23. The van der Waals surface area contributed by atoms with Gasteiger partial charge in [-0.05, 0) is 49.2 Å². The lowest BCUT2D eigenvalue weighted by atomic mass is 10.2. The molecule has 0 aliphatic carbocycles.